The van der Waals surface area contributed by atoms with Crippen LogP contribution in [0.3, 0.4) is 0 Å². The number of nitrogens with one attached hydrogen (secondary N) is 2. The van der Waals surface area contributed by atoms with Crippen LogP contribution in [0.1, 0.15) is 33.2 Å². The van der Waals surface area contributed by atoms with Crippen LogP contribution in [-0.2, 0) is 12.8 Å². The maximum atomic E-state index is 13.1. The van der Waals surface area contributed by atoms with Gasteiger partial charge in [-0.3, -0.25) is 9.59 Å². The smallest absolute Gasteiger partial charge is 0.255 e. The highest BCUT2D eigenvalue weighted by Crippen LogP contribution is 2.26. The predicted molar refractivity (Wildman–Crippen MR) is 162 cm³/mol. The number of amides is 2. The largest absolute Gasteiger partial charge is 0.494 e. The fourth-order valence-corrected chi connectivity index (χ4v) is 4.97. The molecule has 0 radical (unpaired) electrons. The number of ether oxygens (including phenoxy) is 1. The first-order valence-corrected chi connectivity index (χ1v) is 14.2. The molecule has 2 N–H and O–H groups in total. The summed E-state index contributed by atoms with van der Waals surface area (Å²) < 4.78 is 20.5. The summed E-state index contributed by atoms with van der Waals surface area (Å²) in [7, 11) is 1.90. The number of nitrogens with zero attached hydrogens (tertiary/aromatic N) is 3. The number of halogens is 1. The number of carbonyl (C=O) groups excluding carboxylic acids is 2. The standard InChI is InChI=1S/C32H28FN5O3S/c1-3-41-28-18-16-27(17-19-28)35-30(39)23-6-4-21(5-7-23)20-42-32-37-36-29(38(32)2)22-10-14-26(15-11-22)34-31(40)24-8-12-25(33)13-9-24/h4-19H,3,20H2,1-2H3,(H,34,40)(H,35,39). The molecule has 0 spiro atoms. The fraction of sp³-hybridized carbons (Fsp3) is 0.125. The van der Waals surface area contributed by atoms with E-state index in [1.54, 1.807) is 36.0 Å². The summed E-state index contributed by atoms with van der Waals surface area (Å²) in [5.41, 5.74) is 4.14. The Hall–Kier alpha value is -4.96. The van der Waals surface area contributed by atoms with Crippen molar-refractivity contribution in [3.8, 4) is 17.1 Å². The Labute approximate surface area is 247 Å². The minimum absolute atomic E-state index is 0.183. The summed E-state index contributed by atoms with van der Waals surface area (Å²) in [5.74, 6) is 1.21. The molecule has 4 aromatic carbocycles. The third-order valence-corrected chi connectivity index (χ3v) is 7.44. The molecule has 0 saturated heterocycles. The Morgan fingerprint density at radius 3 is 1.90 bits per heavy atom. The summed E-state index contributed by atoms with van der Waals surface area (Å²) in [6.45, 7) is 2.51. The van der Waals surface area contributed by atoms with Crippen molar-refractivity contribution in [2.24, 2.45) is 7.05 Å². The van der Waals surface area contributed by atoms with Crippen LogP contribution < -0.4 is 15.4 Å². The molecule has 1 aromatic heterocycles. The van der Waals surface area contributed by atoms with Crippen molar-refractivity contribution >= 4 is 35.0 Å². The number of thioether (sulfide) groups is 1. The lowest BCUT2D eigenvalue weighted by Gasteiger charge is -2.08. The van der Waals surface area contributed by atoms with Gasteiger partial charge in [0.25, 0.3) is 11.8 Å². The molecule has 0 aliphatic heterocycles. The minimum atomic E-state index is -0.393. The molecule has 10 heteroatoms. The number of hydrogen-bond donors (Lipinski definition) is 2. The molecule has 0 fully saturated rings. The van der Waals surface area contributed by atoms with E-state index in [4.69, 9.17) is 4.74 Å². The molecule has 2 amide bonds. The van der Waals surface area contributed by atoms with Gasteiger partial charge < -0.3 is 19.9 Å². The Bertz CT molecular complexity index is 1670. The van der Waals surface area contributed by atoms with E-state index in [9.17, 15) is 14.0 Å². The topological polar surface area (TPSA) is 98.1 Å². The highest BCUT2D eigenvalue weighted by Gasteiger charge is 2.13. The Morgan fingerprint density at radius 2 is 1.33 bits per heavy atom. The van der Waals surface area contributed by atoms with Crippen LogP contribution in [0.25, 0.3) is 11.4 Å². The molecule has 0 atom stereocenters. The molecule has 212 valence electrons. The van der Waals surface area contributed by atoms with Crippen LogP contribution >= 0.6 is 11.8 Å². The summed E-state index contributed by atoms with van der Waals surface area (Å²) >= 11 is 1.54. The van der Waals surface area contributed by atoms with Crippen molar-refractivity contribution in [1.29, 1.82) is 0 Å². The summed E-state index contributed by atoms with van der Waals surface area (Å²) in [6.07, 6.45) is 0. The lowest BCUT2D eigenvalue weighted by molar-refractivity contribution is 0.101. The van der Waals surface area contributed by atoms with Crippen LogP contribution in [-0.4, -0.2) is 33.2 Å². The van der Waals surface area contributed by atoms with E-state index in [2.05, 4.69) is 20.8 Å². The normalized spacial score (nSPS) is 10.7. The second-order valence-corrected chi connectivity index (χ2v) is 10.2. The molecule has 0 saturated carbocycles. The molecule has 0 aliphatic carbocycles. The number of benzene rings is 4. The summed E-state index contributed by atoms with van der Waals surface area (Å²) in [4.78, 5) is 25.0. The zero-order valence-electron chi connectivity index (χ0n) is 23.0. The SMILES string of the molecule is CCOc1ccc(NC(=O)c2ccc(CSc3nnc(-c4ccc(NC(=O)c5ccc(F)cc5)cc4)n3C)cc2)cc1. The van der Waals surface area contributed by atoms with Crippen molar-refractivity contribution in [3.05, 3.63) is 120 Å². The van der Waals surface area contributed by atoms with Crippen LogP contribution in [0.4, 0.5) is 15.8 Å². The Kier molecular flexibility index (Phi) is 8.93. The molecule has 0 unspecified atom stereocenters. The van der Waals surface area contributed by atoms with E-state index in [0.717, 1.165) is 22.0 Å². The van der Waals surface area contributed by atoms with Gasteiger partial charge in [-0.05, 0) is 97.4 Å². The summed E-state index contributed by atoms with van der Waals surface area (Å²) in [6, 6.07) is 27.4. The number of rotatable bonds is 10. The average Bonchev–Trinajstić information content (AvgIpc) is 3.38. The first kappa shape index (κ1) is 28.6. The molecule has 5 aromatic rings. The van der Waals surface area contributed by atoms with Gasteiger partial charge in [-0.1, -0.05) is 23.9 Å². The van der Waals surface area contributed by atoms with E-state index < -0.39 is 5.82 Å². The molecule has 5 rings (SSSR count). The third kappa shape index (κ3) is 7.02. The predicted octanol–water partition coefficient (Wildman–Crippen LogP) is 6.82. The van der Waals surface area contributed by atoms with Gasteiger partial charge in [0.2, 0.25) is 0 Å². The molecule has 8 nitrogen and oxygen atoms in total. The van der Waals surface area contributed by atoms with Crippen LogP contribution in [0.15, 0.2) is 102 Å². The van der Waals surface area contributed by atoms with E-state index in [-0.39, 0.29) is 11.8 Å². The zero-order chi connectivity index (χ0) is 29.5. The molecule has 1 heterocycles. The van der Waals surface area contributed by atoms with Crippen molar-refractivity contribution in [1.82, 2.24) is 14.8 Å². The number of anilines is 2. The van der Waals surface area contributed by atoms with E-state index in [0.29, 0.717) is 40.7 Å². The summed E-state index contributed by atoms with van der Waals surface area (Å²) in [5, 5.41) is 15.1. The second-order valence-electron chi connectivity index (χ2n) is 9.30. The van der Waals surface area contributed by atoms with Crippen LogP contribution in [0.2, 0.25) is 0 Å². The van der Waals surface area contributed by atoms with E-state index in [1.807, 2.05) is 67.1 Å². The number of carbonyl (C=O) groups is 2. The van der Waals surface area contributed by atoms with Gasteiger partial charge in [-0.15, -0.1) is 10.2 Å². The van der Waals surface area contributed by atoms with Gasteiger partial charge in [0.1, 0.15) is 11.6 Å². The number of aromatic nitrogens is 3. The van der Waals surface area contributed by atoms with Crippen LogP contribution in [0, 0.1) is 5.82 Å². The Balaban J connectivity index is 1.15. The monoisotopic (exact) mass is 581 g/mol. The minimum Gasteiger partial charge on any atom is -0.494 e. The van der Waals surface area contributed by atoms with Gasteiger partial charge in [0, 0.05) is 40.9 Å². The highest BCUT2D eigenvalue weighted by atomic mass is 32.2. The van der Waals surface area contributed by atoms with Gasteiger partial charge >= 0.3 is 0 Å². The molecule has 0 bridgehead atoms. The average molecular weight is 582 g/mol. The van der Waals surface area contributed by atoms with Crippen molar-refractivity contribution in [3.63, 3.8) is 0 Å². The third-order valence-electron chi connectivity index (χ3n) is 6.35. The first-order chi connectivity index (χ1) is 20.4. The quantitative estimate of drug-likeness (QED) is 0.176. The fourth-order valence-electron chi connectivity index (χ4n) is 4.10. The molecular weight excluding hydrogens is 553 g/mol. The van der Waals surface area contributed by atoms with Crippen molar-refractivity contribution in [2.45, 2.75) is 17.8 Å². The maximum absolute atomic E-state index is 13.1. The van der Waals surface area contributed by atoms with E-state index in [1.165, 1.54) is 24.3 Å². The lowest BCUT2D eigenvalue weighted by atomic mass is 10.1. The van der Waals surface area contributed by atoms with Crippen LogP contribution in [0.5, 0.6) is 5.75 Å². The van der Waals surface area contributed by atoms with Gasteiger partial charge in [-0.2, -0.15) is 0 Å². The van der Waals surface area contributed by atoms with Crippen molar-refractivity contribution < 1.29 is 18.7 Å². The first-order valence-electron chi connectivity index (χ1n) is 13.2. The lowest BCUT2D eigenvalue weighted by Crippen LogP contribution is -2.11. The van der Waals surface area contributed by atoms with Gasteiger partial charge in [-0.25, -0.2) is 4.39 Å². The van der Waals surface area contributed by atoms with Gasteiger partial charge in [0.15, 0.2) is 11.0 Å². The maximum Gasteiger partial charge on any atom is 0.255 e. The Morgan fingerprint density at radius 1 is 0.786 bits per heavy atom. The second kappa shape index (κ2) is 13.1. The van der Waals surface area contributed by atoms with E-state index >= 15 is 0 Å². The van der Waals surface area contributed by atoms with Crippen molar-refractivity contribution in [2.75, 3.05) is 17.2 Å². The number of hydrogen-bond acceptors (Lipinski definition) is 6. The molecule has 42 heavy (non-hydrogen) atoms. The molecule has 0 aliphatic rings. The highest BCUT2D eigenvalue weighted by molar-refractivity contribution is 7.98. The van der Waals surface area contributed by atoms with Gasteiger partial charge in [0.05, 0.1) is 6.61 Å². The molecular formula is C32H28FN5O3S. The zero-order valence-corrected chi connectivity index (χ0v) is 23.8.